The largest absolute Gasteiger partial charge is 0.298 e. The van der Waals surface area contributed by atoms with Crippen LogP contribution in [0.1, 0.15) is 38.8 Å². The summed E-state index contributed by atoms with van der Waals surface area (Å²) in [7, 11) is 2.03. The molecule has 1 nitrogen and oxygen atoms in total. The van der Waals surface area contributed by atoms with Gasteiger partial charge in [-0.25, -0.2) is 4.39 Å². The predicted molar refractivity (Wildman–Crippen MR) is 93.8 cm³/mol. The van der Waals surface area contributed by atoms with Gasteiger partial charge in [0.1, 0.15) is 5.82 Å². The molecular formula is C20H26FN. The highest BCUT2D eigenvalue weighted by molar-refractivity contribution is 5.62. The van der Waals surface area contributed by atoms with Gasteiger partial charge in [-0.1, -0.05) is 30.6 Å². The van der Waals surface area contributed by atoms with Crippen LogP contribution in [0.5, 0.6) is 0 Å². The van der Waals surface area contributed by atoms with Crippen LogP contribution in [0.15, 0.2) is 36.9 Å². The molecule has 22 heavy (non-hydrogen) atoms. The Morgan fingerprint density at radius 2 is 2.05 bits per heavy atom. The van der Waals surface area contributed by atoms with E-state index in [1.807, 2.05) is 38.3 Å². The average molecular weight is 299 g/mol. The minimum absolute atomic E-state index is 0.0311. The number of nitrogens with zero attached hydrogens (tertiary/aromatic N) is 1. The fourth-order valence-corrected chi connectivity index (χ4v) is 1.92. The van der Waals surface area contributed by atoms with Crippen LogP contribution < -0.4 is 0 Å². The molecule has 0 radical (unpaired) electrons. The molecule has 0 unspecified atom stereocenters. The first-order valence-corrected chi connectivity index (χ1v) is 7.49. The van der Waals surface area contributed by atoms with Crippen LogP contribution >= 0.6 is 0 Å². The molecule has 0 aliphatic carbocycles. The van der Waals surface area contributed by atoms with Crippen LogP contribution in [-0.2, 0) is 6.54 Å². The second-order valence-corrected chi connectivity index (χ2v) is 6.71. The Morgan fingerprint density at radius 1 is 1.36 bits per heavy atom. The minimum Gasteiger partial charge on any atom is -0.298 e. The van der Waals surface area contributed by atoms with E-state index < -0.39 is 0 Å². The van der Waals surface area contributed by atoms with Crippen LogP contribution in [0, 0.1) is 23.1 Å². The first-order valence-electron chi connectivity index (χ1n) is 7.49. The van der Waals surface area contributed by atoms with Gasteiger partial charge in [-0.3, -0.25) is 4.90 Å². The van der Waals surface area contributed by atoms with E-state index in [2.05, 4.69) is 44.1 Å². The van der Waals surface area contributed by atoms with Gasteiger partial charge in [0.25, 0.3) is 0 Å². The van der Waals surface area contributed by atoms with Crippen molar-refractivity contribution in [2.75, 3.05) is 13.6 Å². The number of allylic oxidation sites excluding steroid dienone is 2. The molecule has 0 aliphatic rings. The average Bonchev–Trinajstić information content (AvgIpc) is 2.39. The van der Waals surface area contributed by atoms with Crippen LogP contribution in [0.3, 0.4) is 0 Å². The monoisotopic (exact) mass is 299 g/mol. The minimum atomic E-state index is -0.212. The van der Waals surface area contributed by atoms with Crippen molar-refractivity contribution in [3.8, 4) is 11.8 Å². The standard InChI is InChI=1S/C20H26FN/c1-16(2)18-14-17(10-11-19(18)21)15-22(6)13-9-7-8-12-20(3,4)5/h7,9-11,14H,1,13,15H2,2-6H3. The highest BCUT2D eigenvalue weighted by Gasteiger charge is 2.06. The van der Waals surface area contributed by atoms with Crippen molar-refractivity contribution in [2.45, 2.75) is 34.2 Å². The summed E-state index contributed by atoms with van der Waals surface area (Å²) in [5.74, 6) is 6.01. The lowest BCUT2D eigenvalue weighted by Gasteiger charge is -2.15. The molecule has 0 spiro atoms. The molecule has 2 heteroatoms. The molecule has 0 aliphatic heterocycles. The number of hydrogen-bond acceptors (Lipinski definition) is 1. The summed E-state index contributed by atoms with van der Waals surface area (Å²) in [6.45, 7) is 13.5. The van der Waals surface area contributed by atoms with Gasteiger partial charge < -0.3 is 0 Å². The summed E-state index contributed by atoms with van der Waals surface area (Å²) >= 11 is 0. The molecule has 0 saturated carbocycles. The maximum absolute atomic E-state index is 13.6. The van der Waals surface area contributed by atoms with Crippen molar-refractivity contribution in [1.82, 2.24) is 4.90 Å². The molecule has 0 aromatic heterocycles. The third-order valence-electron chi connectivity index (χ3n) is 3.01. The van der Waals surface area contributed by atoms with Crippen molar-refractivity contribution in [2.24, 2.45) is 5.41 Å². The summed E-state index contributed by atoms with van der Waals surface area (Å²) in [5, 5.41) is 0. The Labute approximate surface area is 134 Å². The molecule has 0 atom stereocenters. The molecular weight excluding hydrogens is 273 g/mol. The van der Waals surface area contributed by atoms with Gasteiger partial charge in [0.05, 0.1) is 0 Å². The summed E-state index contributed by atoms with van der Waals surface area (Å²) in [6, 6.07) is 5.20. The summed E-state index contributed by atoms with van der Waals surface area (Å²) in [6.07, 6.45) is 3.94. The Morgan fingerprint density at radius 3 is 2.64 bits per heavy atom. The van der Waals surface area contributed by atoms with Gasteiger partial charge in [-0.2, -0.15) is 0 Å². The van der Waals surface area contributed by atoms with E-state index in [9.17, 15) is 4.39 Å². The summed E-state index contributed by atoms with van der Waals surface area (Å²) in [5.41, 5.74) is 2.46. The molecule has 118 valence electrons. The van der Waals surface area contributed by atoms with Crippen LogP contribution in [0.4, 0.5) is 4.39 Å². The lowest BCUT2D eigenvalue weighted by atomic mass is 9.98. The van der Waals surface area contributed by atoms with Gasteiger partial charge in [-0.05, 0) is 64.1 Å². The maximum Gasteiger partial charge on any atom is 0.130 e. The Bertz CT molecular complexity index is 609. The SMILES string of the molecule is C=C(C)c1cc(CN(C)CC=CC#CC(C)(C)C)ccc1F. The zero-order valence-corrected chi connectivity index (χ0v) is 14.3. The van der Waals surface area contributed by atoms with Crippen LogP contribution in [0.2, 0.25) is 0 Å². The van der Waals surface area contributed by atoms with E-state index in [0.717, 1.165) is 24.2 Å². The van der Waals surface area contributed by atoms with E-state index in [1.165, 1.54) is 6.07 Å². The third kappa shape index (κ3) is 6.74. The van der Waals surface area contributed by atoms with E-state index in [4.69, 9.17) is 0 Å². The molecule has 0 fully saturated rings. The maximum atomic E-state index is 13.6. The van der Waals surface area contributed by atoms with Crippen molar-refractivity contribution >= 4 is 5.57 Å². The Balaban J connectivity index is 2.60. The number of benzene rings is 1. The molecule has 1 aromatic carbocycles. The third-order valence-corrected chi connectivity index (χ3v) is 3.01. The molecule has 1 aromatic rings. The summed E-state index contributed by atoms with van der Waals surface area (Å²) in [4.78, 5) is 2.16. The number of halogens is 1. The zero-order chi connectivity index (χ0) is 16.8. The quantitative estimate of drug-likeness (QED) is 0.699. The van der Waals surface area contributed by atoms with E-state index >= 15 is 0 Å². The smallest absolute Gasteiger partial charge is 0.130 e. The van der Waals surface area contributed by atoms with Gasteiger partial charge in [0.15, 0.2) is 0 Å². The predicted octanol–water partition coefficient (Wildman–Crippen LogP) is 4.90. The van der Waals surface area contributed by atoms with Crippen molar-refractivity contribution in [3.63, 3.8) is 0 Å². The molecule has 0 N–H and O–H groups in total. The fourth-order valence-electron chi connectivity index (χ4n) is 1.92. The lowest BCUT2D eigenvalue weighted by Crippen LogP contribution is -2.17. The first-order chi connectivity index (χ1) is 10.2. The van der Waals surface area contributed by atoms with Gasteiger partial charge >= 0.3 is 0 Å². The lowest BCUT2D eigenvalue weighted by molar-refractivity contribution is 0.363. The van der Waals surface area contributed by atoms with Crippen molar-refractivity contribution in [1.29, 1.82) is 0 Å². The number of hydrogen-bond donors (Lipinski definition) is 0. The van der Waals surface area contributed by atoms with Crippen LogP contribution in [0.25, 0.3) is 5.57 Å². The number of likely N-dealkylation sites (N-methyl/N-ethyl adjacent to an activating group) is 1. The molecule has 0 bridgehead atoms. The Kier molecular flexibility index (Phi) is 6.59. The molecule has 0 saturated heterocycles. The molecule has 0 heterocycles. The fraction of sp³-hybridized carbons (Fsp3) is 0.400. The van der Waals surface area contributed by atoms with Crippen molar-refractivity contribution in [3.05, 3.63) is 53.9 Å². The molecule has 1 rings (SSSR count). The van der Waals surface area contributed by atoms with E-state index in [1.54, 1.807) is 0 Å². The Hall–Kier alpha value is -1.85. The second-order valence-electron chi connectivity index (χ2n) is 6.71. The highest BCUT2D eigenvalue weighted by Crippen LogP contribution is 2.18. The van der Waals surface area contributed by atoms with Gasteiger partial charge in [0, 0.05) is 24.1 Å². The van der Waals surface area contributed by atoms with Crippen LogP contribution in [-0.4, -0.2) is 18.5 Å². The van der Waals surface area contributed by atoms with Gasteiger partial charge in [0.2, 0.25) is 0 Å². The topological polar surface area (TPSA) is 3.24 Å². The van der Waals surface area contributed by atoms with Gasteiger partial charge in [-0.15, -0.1) is 0 Å². The first kappa shape index (κ1) is 18.2. The van der Waals surface area contributed by atoms with Crippen molar-refractivity contribution < 1.29 is 4.39 Å². The van der Waals surface area contributed by atoms with E-state index in [-0.39, 0.29) is 11.2 Å². The number of rotatable bonds is 5. The zero-order valence-electron chi connectivity index (χ0n) is 14.3. The highest BCUT2D eigenvalue weighted by atomic mass is 19.1. The van der Waals surface area contributed by atoms with E-state index in [0.29, 0.717) is 5.56 Å². The summed E-state index contributed by atoms with van der Waals surface area (Å²) < 4.78 is 13.6. The second kappa shape index (κ2) is 7.96. The molecule has 0 amide bonds. The normalized spacial score (nSPS) is 11.6.